The molecule has 7 nitrogen and oxygen atoms in total. The van der Waals surface area contributed by atoms with Gasteiger partial charge in [0.1, 0.15) is 0 Å². The largest absolute Gasteiger partial charge is 0.273 e. The summed E-state index contributed by atoms with van der Waals surface area (Å²) in [4.78, 5) is 28.8. The highest BCUT2D eigenvalue weighted by atomic mass is 32.2. The van der Waals surface area contributed by atoms with Gasteiger partial charge in [0.2, 0.25) is 0 Å². The van der Waals surface area contributed by atoms with Gasteiger partial charge in [-0.15, -0.1) is 0 Å². The van der Waals surface area contributed by atoms with E-state index >= 15 is 0 Å². The average Bonchev–Trinajstić information content (AvgIpc) is 2.78. The molecule has 0 bridgehead atoms. The van der Waals surface area contributed by atoms with Crippen LogP contribution >= 0.6 is 11.8 Å². The molecule has 4 rings (SSSR count). The Hall–Kier alpha value is -3.96. The SMILES string of the molecule is N#Cc1ccc(-n2c(SCc3ccccc3[N+](=O)[O-])nc3ccccc3c2=O)cc1. The molecule has 0 saturated carbocycles. The molecule has 0 fully saturated rings. The fourth-order valence-electron chi connectivity index (χ4n) is 3.08. The topological polar surface area (TPSA) is 102 Å². The van der Waals surface area contributed by atoms with Crippen molar-refractivity contribution in [3.8, 4) is 11.8 Å². The van der Waals surface area contributed by atoms with Gasteiger partial charge >= 0.3 is 0 Å². The molecule has 0 aliphatic rings. The van der Waals surface area contributed by atoms with Gasteiger partial charge in [-0.2, -0.15) is 5.26 Å². The maximum absolute atomic E-state index is 13.2. The average molecular weight is 414 g/mol. The molecule has 0 amide bonds. The minimum absolute atomic E-state index is 0.0260. The predicted molar refractivity (Wildman–Crippen MR) is 115 cm³/mol. The number of nitro benzene ring substituents is 1. The van der Waals surface area contributed by atoms with Gasteiger partial charge in [0.25, 0.3) is 11.2 Å². The van der Waals surface area contributed by atoms with Crippen molar-refractivity contribution < 1.29 is 4.92 Å². The number of thioether (sulfide) groups is 1. The summed E-state index contributed by atoms with van der Waals surface area (Å²) in [5.74, 6) is 0.276. The Morgan fingerprint density at radius 3 is 2.47 bits per heavy atom. The first kappa shape index (κ1) is 19.4. The molecule has 0 radical (unpaired) electrons. The van der Waals surface area contributed by atoms with Crippen LogP contribution < -0.4 is 5.56 Å². The lowest BCUT2D eigenvalue weighted by Crippen LogP contribution is -2.21. The number of fused-ring (bicyclic) bond motifs is 1. The lowest BCUT2D eigenvalue weighted by Gasteiger charge is -2.13. The first-order chi connectivity index (χ1) is 14.6. The smallest absolute Gasteiger partial charge is 0.268 e. The maximum Gasteiger partial charge on any atom is 0.273 e. The quantitative estimate of drug-likeness (QED) is 0.207. The van der Waals surface area contributed by atoms with Crippen LogP contribution in [0.4, 0.5) is 5.69 Å². The molecule has 30 heavy (non-hydrogen) atoms. The number of para-hydroxylation sites is 2. The Morgan fingerprint density at radius 1 is 1.03 bits per heavy atom. The van der Waals surface area contributed by atoms with Crippen LogP contribution in [0.15, 0.2) is 82.7 Å². The summed E-state index contributed by atoms with van der Waals surface area (Å²) in [6, 6.07) is 22.2. The van der Waals surface area contributed by atoms with Crippen molar-refractivity contribution in [2.24, 2.45) is 0 Å². The normalized spacial score (nSPS) is 10.6. The first-order valence-electron chi connectivity index (χ1n) is 8.96. The fourth-order valence-corrected chi connectivity index (χ4v) is 4.08. The van der Waals surface area contributed by atoms with Crippen molar-refractivity contribution in [3.05, 3.63) is 104 Å². The highest BCUT2D eigenvalue weighted by Gasteiger charge is 2.17. The third-order valence-electron chi connectivity index (χ3n) is 4.54. The molecule has 4 aromatic rings. The van der Waals surface area contributed by atoms with E-state index in [2.05, 4.69) is 11.1 Å². The lowest BCUT2D eigenvalue weighted by molar-refractivity contribution is -0.385. The Morgan fingerprint density at radius 2 is 1.73 bits per heavy atom. The summed E-state index contributed by atoms with van der Waals surface area (Å²) in [5.41, 5.74) is 1.93. The van der Waals surface area contributed by atoms with Crippen molar-refractivity contribution in [2.45, 2.75) is 10.9 Å². The van der Waals surface area contributed by atoms with E-state index in [4.69, 9.17) is 5.26 Å². The van der Waals surface area contributed by atoms with Gasteiger partial charge in [-0.05, 0) is 36.4 Å². The number of hydrogen-bond acceptors (Lipinski definition) is 6. The van der Waals surface area contributed by atoms with Gasteiger partial charge in [0.15, 0.2) is 5.16 Å². The molecule has 3 aromatic carbocycles. The molecule has 146 valence electrons. The second-order valence-electron chi connectivity index (χ2n) is 6.39. The third-order valence-corrected chi connectivity index (χ3v) is 5.53. The molecule has 0 saturated heterocycles. The van der Waals surface area contributed by atoms with Gasteiger partial charge in [-0.3, -0.25) is 19.5 Å². The van der Waals surface area contributed by atoms with Gasteiger partial charge in [-0.1, -0.05) is 42.1 Å². The molecule has 0 unspecified atom stereocenters. The van der Waals surface area contributed by atoms with Crippen LogP contribution in [0.3, 0.4) is 0 Å². The van der Waals surface area contributed by atoms with Crippen LogP contribution in [-0.2, 0) is 5.75 Å². The summed E-state index contributed by atoms with van der Waals surface area (Å²) in [6.07, 6.45) is 0. The Kier molecular flexibility index (Phi) is 5.28. The Labute approximate surface area is 175 Å². The molecule has 1 heterocycles. The molecule has 0 spiro atoms. The maximum atomic E-state index is 13.2. The van der Waals surface area contributed by atoms with Crippen LogP contribution in [-0.4, -0.2) is 14.5 Å². The highest BCUT2D eigenvalue weighted by Crippen LogP contribution is 2.28. The minimum Gasteiger partial charge on any atom is -0.268 e. The van der Waals surface area contributed by atoms with Gasteiger partial charge in [0, 0.05) is 17.4 Å². The van der Waals surface area contributed by atoms with Crippen molar-refractivity contribution in [2.75, 3.05) is 0 Å². The second-order valence-corrected chi connectivity index (χ2v) is 7.33. The van der Waals surface area contributed by atoms with E-state index in [-0.39, 0.29) is 17.0 Å². The standard InChI is InChI=1S/C22H14N4O3S/c23-13-15-9-11-17(12-10-15)25-21(27)18-6-2-3-7-19(18)24-22(25)30-14-16-5-1-4-8-20(16)26(28)29/h1-12H,14H2. The van der Waals surface area contributed by atoms with E-state index in [0.717, 1.165) is 0 Å². The molecule has 8 heteroatoms. The lowest BCUT2D eigenvalue weighted by atomic mass is 10.2. The molecule has 0 atom stereocenters. The fraction of sp³-hybridized carbons (Fsp3) is 0.0455. The second kappa shape index (κ2) is 8.19. The van der Waals surface area contributed by atoms with E-state index < -0.39 is 4.92 Å². The number of nitriles is 1. The molecule has 0 aliphatic carbocycles. The molecular weight excluding hydrogens is 400 g/mol. The molecule has 0 N–H and O–H groups in total. The van der Waals surface area contributed by atoms with E-state index in [9.17, 15) is 14.9 Å². The van der Waals surface area contributed by atoms with Crippen molar-refractivity contribution in [1.29, 1.82) is 5.26 Å². The third kappa shape index (κ3) is 3.66. The summed E-state index contributed by atoms with van der Waals surface area (Å²) < 4.78 is 1.48. The summed E-state index contributed by atoms with van der Waals surface area (Å²) >= 11 is 1.25. The van der Waals surface area contributed by atoms with E-state index in [0.29, 0.717) is 32.9 Å². The minimum atomic E-state index is -0.419. The Bertz CT molecular complexity index is 1360. The molecular formula is C22H14N4O3S. The van der Waals surface area contributed by atoms with Crippen molar-refractivity contribution in [3.63, 3.8) is 0 Å². The molecule has 0 aliphatic heterocycles. The van der Waals surface area contributed by atoms with E-state index in [1.165, 1.54) is 22.4 Å². The van der Waals surface area contributed by atoms with Crippen LogP contribution in [0.25, 0.3) is 16.6 Å². The predicted octanol–water partition coefficient (Wildman–Crippen LogP) is 4.46. The first-order valence-corrected chi connectivity index (χ1v) is 9.94. The van der Waals surface area contributed by atoms with E-state index in [1.54, 1.807) is 66.7 Å². The van der Waals surface area contributed by atoms with Crippen LogP contribution in [0, 0.1) is 21.4 Å². The number of nitrogens with zero attached hydrogens (tertiary/aromatic N) is 4. The summed E-state index contributed by atoms with van der Waals surface area (Å²) in [5, 5.41) is 21.2. The van der Waals surface area contributed by atoms with Gasteiger partial charge < -0.3 is 0 Å². The van der Waals surface area contributed by atoms with Crippen molar-refractivity contribution in [1.82, 2.24) is 9.55 Å². The highest BCUT2D eigenvalue weighted by molar-refractivity contribution is 7.98. The number of benzene rings is 3. The summed E-state index contributed by atoms with van der Waals surface area (Å²) in [6.45, 7) is 0. The monoisotopic (exact) mass is 414 g/mol. The molecule has 1 aromatic heterocycles. The zero-order valence-corrected chi connectivity index (χ0v) is 16.4. The van der Waals surface area contributed by atoms with Crippen molar-refractivity contribution >= 4 is 28.4 Å². The van der Waals surface area contributed by atoms with E-state index in [1.807, 2.05) is 0 Å². The van der Waals surface area contributed by atoms with Crippen LogP contribution in [0.2, 0.25) is 0 Å². The number of rotatable bonds is 5. The zero-order chi connectivity index (χ0) is 21.1. The number of aromatic nitrogens is 2. The Balaban J connectivity index is 1.83. The zero-order valence-electron chi connectivity index (χ0n) is 15.6. The number of hydrogen-bond donors (Lipinski definition) is 0. The summed E-state index contributed by atoms with van der Waals surface area (Å²) in [7, 11) is 0. The van der Waals surface area contributed by atoms with Gasteiger partial charge in [-0.25, -0.2) is 4.98 Å². The van der Waals surface area contributed by atoms with Crippen LogP contribution in [0.1, 0.15) is 11.1 Å². The van der Waals surface area contributed by atoms with Crippen LogP contribution in [0.5, 0.6) is 0 Å². The van der Waals surface area contributed by atoms with Gasteiger partial charge in [0.05, 0.1) is 33.1 Å². The number of nitro groups is 1.